The maximum atomic E-state index is 13.0. The molecule has 0 radical (unpaired) electrons. The summed E-state index contributed by atoms with van der Waals surface area (Å²) in [5, 5.41) is 3.09. The molecular weight excluding hydrogens is 394 g/mol. The van der Waals surface area contributed by atoms with Crippen molar-refractivity contribution in [1.82, 2.24) is 5.32 Å². The van der Waals surface area contributed by atoms with Crippen LogP contribution in [0.3, 0.4) is 0 Å². The van der Waals surface area contributed by atoms with Crippen LogP contribution in [0.4, 0.5) is 0 Å². The fourth-order valence-electron chi connectivity index (χ4n) is 4.30. The number of amides is 1. The molecule has 0 bridgehead atoms. The highest BCUT2D eigenvalue weighted by atomic mass is 16.5. The minimum atomic E-state index is -0.365. The monoisotopic (exact) mass is 425 g/mol. The van der Waals surface area contributed by atoms with Crippen molar-refractivity contribution in [3.63, 3.8) is 0 Å². The lowest BCUT2D eigenvalue weighted by atomic mass is 9.75. The molecule has 1 N–H and O–H groups in total. The largest absolute Gasteiger partial charge is 0.493 e. The molecule has 6 nitrogen and oxygen atoms in total. The zero-order valence-corrected chi connectivity index (χ0v) is 18.5. The van der Waals surface area contributed by atoms with Crippen molar-refractivity contribution in [3.8, 4) is 11.5 Å². The highest BCUT2D eigenvalue weighted by Crippen LogP contribution is 2.35. The van der Waals surface area contributed by atoms with Gasteiger partial charge in [0.2, 0.25) is 5.91 Å². The minimum absolute atomic E-state index is 0.00353. The van der Waals surface area contributed by atoms with Gasteiger partial charge in [0.25, 0.3) is 0 Å². The summed E-state index contributed by atoms with van der Waals surface area (Å²) in [6.45, 7) is 0.444. The van der Waals surface area contributed by atoms with Gasteiger partial charge in [-0.2, -0.15) is 0 Å². The van der Waals surface area contributed by atoms with Crippen LogP contribution in [0.2, 0.25) is 0 Å². The van der Waals surface area contributed by atoms with Gasteiger partial charge in [-0.25, -0.2) is 4.79 Å². The average molecular weight is 426 g/mol. The Balaban J connectivity index is 1.62. The van der Waals surface area contributed by atoms with E-state index in [1.807, 2.05) is 30.3 Å². The van der Waals surface area contributed by atoms with E-state index in [1.54, 1.807) is 26.4 Å². The Morgan fingerprint density at radius 3 is 2.26 bits per heavy atom. The third-order valence-corrected chi connectivity index (χ3v) is 6.03. The molecule has 3 rings (SSSR count). The van der Waals surface area contributed by atoms with Crippen LogP contribution < -0.4 is 14.8 Å². The molecule has 2 aromatic rings. The topological polar surface area (TPSA) is 73.9 Å². The SMILES string of the molecule is COC(=O)c1ccc(CNC(=O)C2CCCCC2Cc2ccc(OC)c(OC)c2)cc1. The van der Waals surface area contributed by atoms with Crippen LogP contribution in [0, 0.1) is 11.8 Å². The molecule has 0 aromatic heterocycles. The summed E-state index contributed by atoms with van der Waals surface area (Å²) >= 11 is 0. The number of ether oxygens (including phenoxy) is 3. The summed E-state index contributed by atoms with van der Waals surface area (Å²) < 4.78 is 15.5. The standard InChI is InChI=1S/C25H31NO5/c1-29-22-13-10-18(15-23(22)30-2)14-20-6-4-5-7-21(20)24(27)26-16-17-8-11-19(12-9-17)25(28)31-3/h8-13,15,20-21H,4-7,14,16H2,1-3H3,(H,26,27). The summed E-state index contributed by atoms with van der Waals surface area (Å²) in [5.41, 5.74) is 2.61. The third-order valence-electron chi connectivity index (χ3n) is 6.03. The number of benzene rings is 2. The Morgan fingerprint density at radius 2 is 1.58 bits per heavy atom. The number of rotatable bonds is 8. The average Bonchev–Trinajstić information content (AvgIpc) is 2.82. The molecule has 31 heavy (non-hydrogen) atoms. The molecular formula is C25H31NO5. The number of carbonyl (C=O) groups is 2. The summed E-state index contributed by atoms with van der Waals surface area (Å²) in [4.78, 5) is 24.5. The molecule has 1 aliphatic rings. The number of methoxy groups -OCH3 is 3. The van der Waals surface area contributed by atoms with Crippen LogP contribution in [-0.2, 0) is 22.5 Å². The van der Waals surface area contributed by atoms with Crippen LogP contribution in [0.25, 0.3) is 0 Å². The fraction of sp³-hybridized carbons (Fsp3) is 0.440. The highest BCUT2D eigenvalue weighted by Gasteiger charge is 2.31. The van der Waals surface area contributed by atoms with Crippen LogP contribution in [0.5, 0.6) is 11.5 Å². The van der Waals surface area contributed by atoms with Crippen LogP contribution in [-0.4, -0.2) is 33.2 Å². The molecule has 2 atom stereocenters. The zero-order chi connectivity index (χ0) is 22.2. The first-order valence-electron chi connectivity index (χ1n) is 10.7. The molecule has 2 unspecified atom stereocenters. The number of hydrogen-bond donors (Lipinski definition) is 1. The minimum Gasteiger partial charge on any atom is -0.493 e. The van der Waals surface area contributed by atoms with E-state index in [0.29, 0.717) is 29.5 Å². The molecule has 0 saturated heterocycles. The molecule has 2 aromatic carbocycles. The Labute approximate surface area is 183 Å². The quantitative estimate of drug-likeness (QED) is 0.643. The summed E-state index contributed by atoms with van der Waals surface area (Å²) in [7, 11) is 4.62. The predicted molar refractivity (Wildman–Crippen MR) is 118 cm³/mol. The molecule has 166 valence electrons. The van der Waals surface area contributed by atoms with Gasteiger partial charge < -0.3 is 19.5 Å². The molecule has 1 fully saturated rings. The van der Waals surface area contributed by atoms with Gasteiger partial charge in [-0.15, -0.1) is 0 Å². The summed E-state index contributed by atoms with van der Waals surface area (Å²) in [6.07, 6.45) is 5.02. The van der Waals surface area contributed by atoms with Crippen molar-refractivity contribution < 1.29 is 23.8 Å². The van der Waals surface area contributed by atoms with E-state index in [-0.39, 0.29) is 17.8 Å². The van der Waals surface area contributed by atoms with Gasteiger partial charge in [0.05, 0.1) is 26.9 Å². The van der Waals surface area contributed by atoms with E-state index < -0.39 is 0 Å². The molecule has 0 spiro atoms. The predicted octanol–water partition coefficient (Wildman–Crippen LogP) is 4.16. The van der Waals surface area contributed by atoms with Gasteiger partial charge in [-0.05, 0) is 60.6 Å². The Morgan fingerprint density at radius 1 is 0.903 bits per heavy atom. The first-order valence-corrected chi connectivity index (χ1v) is 10.7. The summed E-state index contributed by atoms with van der Waals surface area (Å²) in [5.74, 6) is 1.46. The summed E-state index contributed by atoms with van der Waals surface area (Å²) in [6, 6.07) is 13.1. The maximum Gasteiger partial charge on any atom is 0.337 e. The number of carbonyl (C=O) groups excluding carboxylic acids is 2. The molecule has 1 aliphatic carbocycles. The molecule has 1 amide bonds. The Kier molecular flexibility index (Phi) is 7.93. The van der Waals surface area contributed by atoms with E-state index >= 15 is 0 Å². The molecule has 0 heterocycles. The van der Waals surface area contributed by atoms with Crippen molar-refractivity contribution in [2.45, 2.75) is 38.6 Å². The highest BCUT2D eigenvalue weighted by molar-refractivity contribution is 5.89. The lowest BCUT2D eigenvalue weighted by Gasteiger charge is -2.31. The van der Waals surface area contributed by atoms with E-state index in [0.717, 1.165) is 43.2 Å². The Hall–Kier alpha value is -3.02. The van der Waals surface area contributed by atoms with Gasteiger partial charge in [0.1, 0.15) is 0 Å². The van der Waals surface area contributed by atoms with Crippen molar-refractivity contribution in [1.29, 1.82) is 0 Å². The Bertz CT molecular complexity index is 893. The van der Waals surface area contributed by atoms with Gasteiger partial charge in [-0.1, -0.05) is 31.0 Å². The molecule has 0 aliphatic heterocycles. The van der Waals surface area contributed by atoms with E-state index in [9.17, 15) is 9.59 Å². The smallest absolute Gasteiger partial charge is 0.337 e. The van der Waals surface area contributed by atoms with E-state index in [1.165, 1.54) is 7.11 Å². The first kappa shape index (κ1) is 22.7. The zero-order valence-electron chi connectivity index (χ0n) is 18.5. The van der Waals surface area contributed by atoms with Gasteiger partial charge >= 0.3 is 5.97 Å². The lowest BCUT2D eigenvalue weighted by molar-refractivity contribution is -0.127. The molecule has 6 heteroatoms. The fourth-order valence-corrected chi connectivity index (χ4v) is 4.30. The van der Waals surface area contributed by atoms with E-state index in [2.05, 4.69) is 5.32 Å². The second kappa shape index (κ2) is 10.8. The van der Waals surface area contributed by atoms with Crippen molar-refractivity contribution in [2.24, 2.45) is 11.8 Å². The number of esters is 1. The van der Waals surface area contributed by atoms with Crippen LogP contribution in [0.15, 0.2) is 42.5 Å². The van der Waals surface area contributed by atoms with Gasteiger partial charge in [0, 0.05) is 12.5 Å². The van der Waals surface area contributed by atoms with E-state index in [4.69, 9.17) is 14.2 Å². The second-order valence-corrected chi connectivity index (χ2v) is 7.95. The molecule has 1 saturated carbocycles. The van der Waals surface area contributed by atoms with Crippen LogP contribution in [0.1, 0.15) is 47.2 Å². The van der Waals surface area contributed by atoms with Crippen molar-refractivity contribution >= 4 is 11.9 Å². The normalized spacial score (nSPS) is 18.2. The van der Waals surface area contributed by atoms with Crippen molar-refractivity contribution in [3.05, 3.63) is 59.2 Å². The number of nitrogens with one attached hydrogen (secondary N) is 1. The first-order chi connectivity index (χ1) is 15.0. The lowest BCUT2D eigenvalue weighted by Crippen LogP contribution is -2.37. The van der Waals surface area contributed by atoms with Gasteiger partial charge in [0.15, 0.2) is 11.5 Å². The maximum absolute atomic E-state index is 13.0. The van der Waals surface area contributed by atoms with Crippen molar-refractivity contribution in [2.75, 3.05) is 21.3 Å². The van der Waals surface area contributed by atoms with Gasteiger partial charge in [-0.3, -0.25) is 4.79 Å². The number of hydrogen-bond acceptors (Lipinski definition) is 5. The second-order valence-electron chi connectivity index (χ2n) is 7.95. The van der Waals surface area contributed by atoms with Crippen LogP contribution >= 0.6 is 0 Å². The third kappa shape index (κ3) is 5.78.